The van der Waals surface area contributed by atoms with Gasteiger partial charge in [-0.25, -0.2) is 0 Å². The van der Waals surface area contributed by atoms with E-state index in [0.29, 0.717) is 18.4 Å². The SMILES string of the molecule is Cc1cccc([C@H]2[C@@H]3C=C[C@H](C)C[C@@H]3C(=O)N2Cc2ccccc2)c1. The van der Waals surface area contributed by atoms with E-state index in [-0.39, 0.29) is 17.9 Å². The number of hydrogen-bond acceptors (Lipinski definition) is 1. The maximum atomic E-state index is 13.3. The third-order valence-corrected chi connectivity index (χ3v) is 5.63. The largest absolute Gasteiger partial charge is 0.330 e. The van der Waals surface area contributed by atoms with Crippen molar-refractivity contribution in [2.75, 3.05) is 0 Å². The molecule has 4 rings (SSSR count). The van der Waals surface area contributed by atoms with Gasteiger partial charge < -0.3 is 4.90 Å². The number of hydrogen-bond donors (Lipinski definition) is 0. The summed E-state index contributed by atoms with van der Waals surface area (Å²) in [7, 11) is 0. The van der Waals surface area contributed by atoms with Gasteiger partial charge in [-0.15, -0.1) is 0 Å². The summed E-state index contributed by atoms with van der Waals surface area (Å²) in [5.41, 5.74) is 3.71. The van der Waals surface area contributed by atoms with Crippen LogP contribution in [0.3, 0.4) is 0 Å². The molecule has 2 aromatic carbocycles. The molecule has 2 heteroatoms. The second kappa shape index (κ2) is 6.51. The average Bonchev–Trinajstić information content (AvgIpc) is 2.88. The van der Waals surface area contributed by atoms with Gasteiger partial charge >= 0.3 is 0 Å². The number of rotatable bonds is 3. The molecule has 0 unspecified atom stereocenters. The van der Waals surface area contributed by atoms with Gasteiger partial charge in [0.2, 0.25) is 5.91 Å². The Morgan fingerprint density at radius 1 is 1.04 bits per heavy atom. The lowest BCUT2D eigenvalue weighted by Gasteiger charge is -2.29. The minimum absolute atomic E-state index is 0.120. The molecular formula is C23H25NO. The number of allylic oxidation sites excluding steroid dienone is 1. The Hall–Kier alpha value is -2.35. The van der Waals surface area contributed by atoms with E-state index in [1.54, 1.807) is 0 Å². The lowest BCUT2D eigenvalue weighted by atomic mass is 9.77. The summed E-state index contributed by atoms with van der Waals surface area (Å²) in [5, 5.41) is 0. The van der Waals surface area contributed by atoms with Crippen LogP contribution < -0.4 is 0 Å². The molecule has 2 aliphatic rings. The summed E-state index contributed by atoms with van der Waals surface area (Å²) in [6, 6.07) is 19.1. The highest BCUT2D eigenvalue weighted by Crippen LogP contribution is 2.47. The second-order valence-corrected chi connectivity index (χ2v) is 7.59. The first-order valence-electron chi connectivity index (χ1n) is 9.23. The van der Waals surface area contributed by atoms with Crippen molar-refractivity contribution >= 4 is 5.91 Å². The third-order valence-electron chi connectivity index (χ3n) is 5.63. The van der Waals surface area contributed by atoms with Crippen LogP contribution in [-0.2, 0) is 11.3 Å². The molecule has 1 fully saturated rings. The van der Waals surface area contributed by atoms with E-state index in [0.717, 1.165) is 6.42 Å². The van der Waals surface area contributed by atoms with E-state index in [4.69, 9.17) is 0 Å². The van der Waals surface area contributed by atoms with Crippen LogP contribution in [0.2, 0.25) is 0 Å². The fourth-order valence-electron chi connectivity index (χ4n) is 4.45. The van der Waals surface area contributed by atoms with Gasteiger partial charge in [0.15, 0.2) is 0 Å². The van der Waals surface area contributed by atoms with E-state index < -0.39 is 0 Å². The maximum Gasteiger partial charge on any atom is 0.227 e. The molecule has 2 nitrogen and oxygen atoms in total. The van der Waals surface area contributed by atoms with Gasteiger partial charge in [0.1, 0.15) is 0 Å². The van der Waals surface area contributed by atoms with Crippen LogP contribution in [0, 0.1) is 24.7 Å². The van der Waals surface area contributed by atoms with Crippen molar-refractivity contribution in [3.63, 3.8) is 0 Å². The minimum atomic E-state index is 0.120. The molecule has 0 spiro atoms. The first-order chi connectivity index (χ1) is 12.1. The molecule has 1 aliphatic heterocycles. The molecule has 0 saturated carbocycles. The number of aryl methyl sites for hydroxylation is 1. The standard InChI is InChI=1S/C23H25NO/c1-16-7-6-10-19(13-16)22-20-12-11-17(2)14-21(20)23(25)24(22)15-18-8-4-3-5-9-18/h3-13,17,20-22H,14-15H2,1-2H3/t17-,20+,21-,22-/m0/s1. The number of benzene rings is 2. The molecular weight excluding hydrogens is 306 g/mol. The van der Waals surface area contributed by atoms with Crippen LogP contribution in [0.25, 0.3) is 0 Å². The number of nitrogens with zero attached hydrogens (tertiary/aromatic N) is 1. The average molecular weight is 331 g/mol. The van der Waals surface area contributed by atoms with Crippen LogP contribution in [0.15, 0.2) is 66.7 Å². The molecule has 128 valence electrons. The zero-order chi connectivity index (χ0) is 17.4. The summed E-state index contributed by atoms with van der Waals surface area (Å²) in [6.45, 7) is 5.02. The molecule has 1 saturated heterocycles. The van der Waals surface area contributed by atoms with Crippen LogP contribution >= 0.6 is 0 Å². The van der Waals surface area contributed by atoms with Crippen LogP contribution in [-0.4, -0.2) is 10.8 Å². The van der Waals surface area contributed by atoms with Crippen molar-refractivity contribution in [3.05, 3.63) is 83.4 Å². The highest BCUT2D eigenvalue weighted by molar-refractivity contribution is 5.83. The third kappa shape index (κ3) is 3.02. The van der Waals surface area contributed by atoms with Gasteiger partial charge in [0.05, 0.1) is 6.04 Å². The number of carbonyl (C=O) groups excluding carboxylic acids is 1. The Balaban J connectivity index is 1.74. The molecule has 0 N–H and O–H groups in total. The molecule has 2 aromatic rings. The maximum absolute atomic E-state index is 13.3. The summed E-state index contributed by atoms with van der Waals surface area (Å²) in [6.07, 6.45) is 5.56. The van der Waals surface area contributed by atoms with Crippen molar-refractivity contribution in [1.82, 2.24) is 4.90 Å². The first kappa shape index (κ1) is 16.1. The van der Waals surface area contributed by atoms with Gasteiger partial charge in [0, 0.05) is 18.4 Å². The van der Waals surface area contributed by atoms with Gasteiger partial charge in [-0.1, -0.05) is 79.2 Å². The quantitative estimate of drug-likeness (QED) is 0.732. The van der Waals surface area contributed by atoms with Crippen molar-refractivity contribution in [2.45, 2.75) is 32.9 Å². The normalized spacial score (nSPS) is 28.2. The Labute approximate surface area is 150 Å². The molecule has 0 aromatic heterocycles. The number of amides is 1. The predicted octanol–water partition coefficient (Wildman–Crippen LogP) is 4.91. The van der Waals surface area contributed by atoms with Crippen molar-refractivity contribution in [1.29, 1.82) is 0 Å². The van der Waals surface area contributed by atoms with Gasteiger partial charge in [0.25, 0.3) is 0 Å². The Kier molecular flexibility index (Phi) is 4.20. The van der Waals surface area contributed by atoms with Gasteiger partial charge in [-0.3, -0.25) is 4.79 Å². The van der Waals surface area contributed by atoms with Crippen LogP contribution in [0.1, 0.15) is 36.1 Å². The van der Waals surface area contributed by atoms with Crippen molar-refractivity contribution < 1.29 is 4.79 Å². The highest BCUT2D eigenvalue weighted by atomic mass is 16.2. The number of carbonyl (C=O) groups is 1. The van der Waals surface area contributed by atoms with Crippen LogP contribution in [0.4, 0.5) is 0 Å². The summed E-state index contributed by atoms with van der Waals surface area (Å²) in [5.74, 6) is 1.21. The summed E-state index contributed by atoms with van der Waals surface area (Å²) in [4.78, 5) is 15.4. The van der Waals surface area contributed by atoms with Crippen LogP contribution in [0.5, 0.6) is 0 Å². The number of likely N-dealkylation sites (tertiary alicyclic amines) is 1. The molecule has 25 heavy (non-hydrogen) atoms. The van der Waals surface area contributed by atoms with E-state index in [9.17, 15) is 4.79 Å². The van der Waals surface area contributed by atoms with E-state index >= 15 is 0 Å². The van der Waals surface area contributed by atoms with Crippen molar-refractivity contribution in [2.24, 2.45) is 17.8 Å². The molecule has 0 radical (unpaired) electrons. The number of fused-ring (bicyclic) bond motifs is 1. The van der Waals surface area contributed by atoms with E-state index in [2.05, 4.69) is 67.3 Å². The topological polar surface area (TPSA) is 20.3 Å². The van der Waals surface area contributed by atoms with Crippen molar-refractivity contribution in [3.8, 4) is 0 Å². The fraction of sp³-hybridized carbons (Fsp3) is 0.348. The lowest BCUT2D eigenvalue weighted by molar-refractivity contribution is -0.133. The Morgan fingerprint density at radius 2 is 1.84 bits per heavy atom. The zero-order valence-electron chi connectivity index (χ0n) is 14.9. The minimum Gasteiger partial charge on any atom is -0.330 e. The summed E-state index contributed by atoms with van der Waals surface area (Å²) >= 11 is 0. The first-order valence-corrected chi connectivity index (χ1v) is 9.23. The molecule has 1 amide bonds. The zero-order valence-corrected chi connectivity index (χ0v) is 14.9. The molecule has 4 atom stereocenters. The van der Waals surface area contributed by atoms with Gasteiger partial charge in [-0.05, 0) is 30.4 Å². The predicted molar refractivity (Wildman–Crippen MR) is 101 cm³/mol. The fourth-order valence-corrected chi connectivity index (χ4v) is 4.45. The second-order valence-electron chi connectivity index (χ2n) is 7.59. The van der Waals surface area contributed by atoms with Gasteiger partial charge in [-0.2, -0.15) is 0 Å². The smallest absolute Gasteiger partial charge is 0.227 e. The van der Waals surface area contributed by atoms with E-state index in [1.807, 2.05) is 18.2 Å². The molecule has 1 heterocycles. The molecule has 1 aliphatic carbocycles. The molecule has 0 bridgehead atoms. The Morgan fingerprint density at radius 3 is 2.60 bits per heavy atom. The summed E-state index contributed by atoms with van der Waals surface area (Å²) < 4.78 is 0. The lowest BCUT2D eigenvalue weighted by Crippen LogP contribution is -2.29. The Bertz CT molecular complexity index is 795. The van der Waals surface area contributed by atoms with E-state index in [1.165, 1.54) is 16.7 Å². The highest BCUT2D eigenvalue weighted by Gasteiger charge is 2.48. The monoisotopic (exact) mass is 331 g/mol.